The SMILES string of the molecule is C[C@@H]1C2c3ccccc3C(c3ccccc32)[C@H](C)C1O. The average molecular weight is 264 g/mol. The molecule has 2 aromatic carbocycles. The summed E-state index contributed by atoms with van der Waals surface area (Å²) in [7, 11) is 0. The van der Waals surface area contributed by atoms with Crippen LogP contribution in [0.1, 0.15) is 47.9 Å². The van der Waals surface area contributed by atoms with Gasteiger partial charge in [-0.15, -0.1) is 0 Å². The molecule has 1 nitrogen and oxygen atoms in total. The molecule has 0 saturated carbocycles. The molecular formula is C19H20O. The summed E-state index contributed by atoms with van der Waals surface area (Å²) in [5, 5.41) is 10.8. The van der Waals surface area contributed by atoms with Crippen LogP contribution in [0.2, 0.25) is 0 Å². The van der Waals surface area contributed by atoms with Crippen LogP contribution in [0.3, 0.4) is 0 Å². The van der Waals surface area contributed by atoms with E-state index >= 15 is 0 Å². The van der Waals surface area contributed by atoms with Gasteiger partial charge in [-0.3, -0.25) is 0 Å². The van der Waals surface area contributed by atoms with E-state index < -0.39 is 0 Å². The molecule has 20 heavy (non-hydrogen) atoms. The maximum atomic E-state index is 10.8. The second kappa shape index (κ2) is 4.20. The standard InChI is InChI=1S/C19H20O/c1-11-17-13-7-3-5-9-15(13)18(12(2)19(11)20)16-10-6-4-8-14(16)17/h3-12,17-20H,1-2H3/t11-,12+,17?,18?,19?. The molecule has 3 atom stereocenters. The largest absolute Gasteiger partial charge is 0.393 e. The first-order chi connectivity index (χ1) is 9.70. The zero-order chi connectivity index (χ0) is 13.9. The van der Waals surface area contributed by atoms with Gasteiger partial charge in [0, 0.05) is 11.8 Å². The van der Waals surface area contributed by atoms with E-state index in [4.69, 9.17) is 0 Å². The van der Waals surface area contributed by atoms with E-state index in [1.807, 2.05) is 0 Å². The van der Waals surface area contributed by atoms with Crippen molar-refractivity contribution in [3.05, 3.63) is 70.8 Å². The minimum Gasteiger partial charge on any atom is -0.393 e. The van der Waals surface area contributed by atoms with E-state index in [-0.39, 0.29) is 17.9 Å². The molecule has 0 aromatic heterocycles. The van der Waals surface area contributed by atoms with Gasteiger partial charge in [-0.2, -0.15) is 0 Å². The van der Waals surface area contributed by atoms with Crippen molar-refractivity contribution in [1.82, 2.24) is 0 Å². The fraction of sp³-hybridized carbons (Fsp3) is 0.368. The van der Waals surface area contributed by atoms with Gasteiger partial charge < -0.3 is 5.11 Å². The Kier molecular flexibility index (Phi) is 2.55. The van der Waals surface area contributed by atoms with E-state index in [2.05, 4.69) is 62.4 Å². The van der Waals surface area contributed by atoms with Crippen molar-refractivity contribution in [3.63, 3.8) is 0 Å². The third-order valence-electron chi connectivity index (χ3n) is 5.46. The molecule has 0 saturated heterocycles. The van der Waals surface area contributed by atoms with Gasteiger partial charge in [0.15, 0.2) is 0 Å². The average Bonchev–Trinajstić information content (AvgIpc) is 2.62. The van der Waals surface area contributed by atoms with Gasteiger partial charge in [-0.1, -0.05) is 62.4 Å². The molecule has 0 radical (unpaired) electrons. The van der Waals surface area contributed by atoms with Crippen molar-refractivity contribution in [1.29, 1.82) is 0 Å². The normalized spacial score (nSPS) is 34.2. The third-order valence-corrected chi connectivity index (χ3v) is 5.46. The molecule has 0 heterocycles. The van der Waals surface area contributed by atoms with Crippen LogP contribution in [-0.2, 0) is 0 Å². The van der Waals surface area contributed by atoms with Crippen molar-refractivity contribution in [2.24, 2.45) is 11.8 Å². The van der Waals surface area contributed by atoms with Gasteiger partial charge >= 0.3 is 0 Å². The summed E-state index contributed by atoms with van der Waals surface area (Å²) in [6.45, 7) is 4.40. The topological polar surface area (TPSA) is 20.2 Å². The van der Waals surface area contributed by atoms with Gasteiger partial charge in [0.1, 0.15) is 0 Å². The van der Waals surface area contributed by atoms with Crippen LogP contribution in [0.5, 0.6) is 0 Å². The summed E-state index contributed by atoms with van der Waals surface area (Å²) in [5.74, 6) is 1.19. The number of hydrogen-bond acceptors (Lipinski definition) is 1. The fourth-order valence-corrected chi connectivity index (χ4v) is 4.50. The van der Waals surface area contributed by atoms with Crippen LogP contribution in [0.25, 0.3) is 0 Å². The molecule has 1 unspecified atom stereocenters. The lowest BCUT2D eigenvalue weighted by molar-refractivity contribution is 0.0614. The zero-order valence-electron chi connectivity index (χ0n) is 12.0. The molecule has 0 spiro atoms. The van der Waals surface area contributed by atoms with Gasteiger partial charge in [0.2, 0.25) is 0 Å². The van der Waals surface area contributed by atoms with E-state index in [9.17, 15) is 5.11 Å². The highest BCUT2D eigenvalue weighted by atomic mass is 16.3. The summed E-state index contributed by atoms with van der Waals surface area (Å²) in [6, 6.07) is 17.5. The van der Waals surface area contributed by atoms with Crippen LogP contribution < -0.4 is 0 Å². The smallest absolute Gasteiger partial charge is 0.0609 e. The Morgan fingerprint density at radius 3 is 1.25 bits per heavy atom. The Morgan fingerprint density at radius 2 is 0.950 bits per heavy atom. The number of rotatable bonds is 0. The van der Waals surface area contributed by atoms with Gasteiger partial charge in [0.05, 0.1) is 6.10 Å². The van der Waals surface area contributed by atoms with Gasteiger partial charge in [-0.05, 0) is 34.1 Å². The third kappa shape index (κ3) is 1.42. The van der Waals surface area contributed by atoms with E-state index in [0.29, 0.717) is 11.8 Å². The van der Waals surface area contributed by atoms with Crippen molar-refractivity contribution in [2.75, 3.05) is 0 Å². The van der Waals surface area contributed by atoms with Crippen LogP contribution in [0, 0.1) is 11.8 Å². The first-order valence-corrected chi connectivity index (χ1v) is 7.56. The summed E-state index contributed by atoms with van der Waals surface area (Å²) in [6.07, 6.45) is -0.246. The molecule has 2 aromatic rings. The first-order valence-electron chi connectivity index (χ1n) is 7.56. The highest BCUT2D eigenvalue weighted by Crippen LogP contribution is 2.54. The highest BCUT2D eigenvalue weighted by molar-refractivity contribution is 5.55. The zero-order valence-corrected chi connectivity index (χ0v) is 12.0. The Balaban J connectivity index is 2.07. The molecule has 1 heteroatoms. The van der Waals surface area contributed by atoms with Crippen molar-refractivity contribution < 1.29 is 5.11 Å². The van der Waals surface area contributed by atoms with Crippen LogP contribution in [-0.4, -0.2) is 11.2 Å². The lowest BCUT2D eigenvalue weighted by Gasteiger charge is -2.33. The lowest BCUT2D eigenvalue weighted by atomic mass is 9.71. The number of hydrogen-bond donors (Lipinski definition) is 1. The molecule has 102 valence electrons. The van der Waals surface area contributed by atoms with E-state index in [0.717, 1.165) is 0 Å². The Bertz CT molecular complexity index is 557. The predicted molar refractivity (Wildman–Crippen MR) is 80.9 cm³/mol. The molecule has 0 amide bonds. The Morgan fingerprint density at radius 1 is 0.650 bits per heavy atom. The van der Waals surface area contributed by atoms with Crippen LogP contribution in [0.15, 0.2) is 48.5 Å². The first kappa shape index (κ1) is 12.2. The highest BCUT2D eigenvalue weighted by Gasteiger charge is 2.45. The van der Waals surface area contributed by atoms with Crippen molar-refractivity contribution in [3.8, 4) is 0 Å². The van der Waals surface area contributed by atoms with E-state index in [1.165, 1.54) is 22.3 Å². The monoisotopic (exact) mass is 264 g/mol. The maximum Gasteiger partial charge on any atom is 0.0609 e. The quantitative estimate of drug-likeness (QED) is 0.765. The summed E-state index contributed by atoms with van der Waals surface area (Å²) in [5.41, 5.74) is 5.69. The number of aliphatic hydroxyl groups excluding tert-OH is 1. The summed E-state index contributed by atoms with van der Waals surface area (Å²) < 4.78 is 0. The Hall–Kier alpha value is -1.60. The van der Waals surface area contributed by atoms with Gasteiger partial charge in [-0.25, -0.2) is 0 Å². The Labute approximate surface area is 120 Å². The molecule has 2 bridgehead atoms. The van der Waals surface area contributed by atoms with E-state index in [1.54, 1.807) is 0 Å². The molecule has 3 aliphatic carbocycles. The number of aliphatic hydroxyl groups is 1. The lowest BCUT2D eigenvalue weighted by Crippen LogP contribution is -2.27. The summed E-state index contributed by atoms with van der Waals surface area (Å²) >= 11 is 0. The molecule has 0 aliphatic heterocycles. The molecule has 0 fully saturated rings. The number of fused-ring (bicyclic) bond motifs is 2. The van der Waals surface area contributed by atoms with Crippen molar-refractivity contribution >= 4 is 0 Å². The second-order valence-corrected chi connectivity index (χ2v) is 6.42. The summed E-state index contributed by atoms with van der Waals surface area (Å²) in [4.78, 5) is 0. The molecule has 3 aliphatic rings. The van der Waals surface area contributed by atoms with Crippen molar-refractivity contribution in [2.45, 2.75) is 31.8 Å². The predicted octanol–water partition coefficient (Wildman–Crippen LogP) is 3.91. The van der Waals surface area contributed by atoms with Crippen LogP contribution >= 0.6 is 0 Å². The number of benzene rings is 2. The molecular weight excluding hydrogens is 244 g/mol. The van der Waals surface area contributed by atoms with Gasteiger partial charge in [0.25, 0.3) is 0 Å². The second-order valence-electron chi connectivity index (χ2n) is 6.42. The molecule has 5 rings (SSSR count). The minimum absolute atomic E-state index is 0.246. The minimum atomic E-state index is -0.246. The molecule has 1 N–H and O–H groups in total. The maximum absolute atomic E-state index is 10.8. The fourth-order valence-electron chi connectivity index (χ4n) is 4.50. The van der Waals surface area contributed by atoms with Crippen LogP contribution in [0.4, 0.5) is 0 Å².